The normalized spacial score (nSPS) is 22.0. The highest BCUT2D eigenvalue weighted by atomic mass is 16.5. The van der Waals surface area contributed by atoms with E-state index < -0.39 is 5.97 Å². The number of rotatable bonds is 1. The second-order valence-corrected chi connectivity index (χ2v) is 2.60. The first-order chi connectivity index (χ1) is 5.66. The molecule has 1 unspecified atom stereocenters. The monoisotopic (exact) mass is 166 g/mol. The molecule has 3 heteroatoms. The number of carbonyl (C=O) groups is 2. The minimum Gasteiger partial charge on any atom is -0.466 e. The first kappa shape index (κ1) is 8.71. The Morgan fingerprint density at radius 1 is 1.58 bits per heavy atom. The maximum absolute atomic E-state index is 11.1. The third kappa shape index (κ3) is 1.44. The lowest BCUT2D eigenvalue weighted by molar-refractivity contribution is -0.137. The van der Waals surface area contributed by atoms with Crippen molar-refractivity contribution in [2.45, 2.75) is 6.92 Å². The molecule has 0 N–H and O–H groups in total. The van der Waals surface area contributed by atoms with Crippen molar-refractivity contribution in [3.63, 3.8) is 0 Å². The predicted molar refractivity (Wildman–Crippen MR) is 43.4 cm³/mol. The topological polar surface area (TPSA) is 43.4 Å². The third-order valence-electron chi connectivity index (χ3n) is 1.85. The second-order valence-electron chi connectivity index (χ2n) is 2.60. The average molecular weight is 166 g/mol. The summed E-state index contributed by atoms with van der Waals surface area (Å²) < 4.78 is 4.52. The number of allylic oxidation sites excluding steroid dienone is 3. The molecule has 0 aliphatic heterocycles. The Balaban J connectivity index is 2.90. The Morgan fingerprint density at radius 3 is 2.83 bits per heavy atom. The SMILES string of the molecule is COC(=O)C1=CC=CC(=O)C1C. The van der Waals surface area contributed by atoms with Gasteiger partial charge in [0.1, 0.15) is 0 Å². The van der Waals surface area contributed by atoms with Crippen molar-refractivity contribution >= 4 is 11.8 Å². The van der Waals surface area contributed by atoms with Crippen LogP contribution in [0.25, 0.3) is 0 Å². The summed E-state index contributed by atoms with van der Waals surface area (Å²) in [6.07, 6.45) is 4.63. The van der Waals surface area contributed by atoms with Gasteiger partial charge in [-0.2, -0.15) is 0 Å². The van der Waals surface area contributed by atoms with Crippen LogP contribution in [0.15, 0.2) is 23.8 Å². The molecule has 0 aromatic carbocycles. The van der Waals surface area contributed by atoms with E-state index in [2.05, 4.69) is 4.74 Å². The van der Waals surface area contributed by atoms with Crippen LogP contribution >= 0.6 is 0 Å². The van der Waals surface area contributed by atoms with Crippen LogP contribution in [0.1, 0.15) is 6.92 Å². The van der Waals surface area contributed by atoms with E-state index in [0.717, 1.165) is 0 Å². The molecule has 12 heavy (non-hydrogen) atoms. The van der Waals surface area contributed by atoms with E-state index in [-0.39, 0.29) is 11.7 Å². The van der Waals surface area contributed by atoms with E-state index in [1.54, 1.807) is 19.1 Å². The fourth-order valence-corrected chi connectivity index (χ4v) is 1.05. The van der Waals surface area contributed by atoms with Gasteiger partial charge in [0.15, 0.2) is 5.78 Å². The van der Waals surface area contributed by atoms with Gasteiger partial charge in [0.25, 0.3) is 0 Å². The average Bonchev–Trinajstić information content (AvgIpc) is 2.08. The molecule has 0 radical (unpaired) electrons. The lowest BCUT2D eigenvalue weighted by Crippen LogP contribution is -2.20. The molecule has 0 aromatic heterocycles. The van der Waals surface area contributed by atoms with Crippen molar-refractivity contribution in [3.05, 3.63) is 23.8 Å². The maximum atomic E-state index is 11.1. The molecule has 0 saturated carbocycles. The number of hydrogen-bond donors (Lipinski definition) is 0. The number of hydrogen-bond acceptors (Lipinski definition) is 3. The van der Waals surface area contributed by atoms with Gasteiger partial charge in [-0.15, -0.1) is 0 Å². The minimum absolute atomic E-state index is 0.0575. The van der Waals surface area contributed by atoms with Gasteiger partial charge < -0.3 is 4.74 Å². The van der Waals surface area contributed by atoms with Crippen molar-refractivity contribution in [1.29, 1.82) is 0 Å². The van der Waals surface area contributed by atoms with Crippen molar-refractivity contribution in [3.8, 4) is 0 Å². The van der Waals surface area contributed by atoms with Gasteiger partial charge in [-0.05, 0) is 6.08 Å². The molecule has 64 valence electrons. The quantitative estimate of drug-likeness (QED) is 0.542. The molecule has 0 amide bonds. The zero-order valence-electron chi connectivity index (χ0n) is 7.03. The maximum Gasteiger partial charge on any atom is 0.334 e. The molecular weight excluding hydrogens is 156 g/mol. The Hall–Kier alpha value is -1.38. The Morgan fingerprint density at radius 2 is 2.25 bits per heavy atom. The number of ether oxygens (including phenoxy) is 1. The van der Waals surface area contributed by atoms with Gasteiger partial charge in [-0.25, -0.2) is 4.79 Å². The fraction of sp³-hybridized carbons (Fsp3) is 0.333. The summed E-state index contributed by atoms with van der Waals surface area (Å²) in [5.74, 6) is -0.861. The van der Waals surface area contributed by atoms with Crippen molar-refractivity contribution in [1.82, 2.24) is 0 Å². The molecule has 1 aliphatic carbocycles. The summed E-state index contributed by atoms with van der Waals surface area (Å²) in [5, 5.41) is 0. The summed E-state index contributed by atoms with van der Waals surface area (Å²) >= 11 is 0. The van der Waals surface area contributed by atoms with Crippen molar-refractivity contribution in [2.24, 2.45) is 5.92 Å². The van der Waals surface area contributed by atoms with Gasteiger partial charge in [0, 0.05) is 5.57 Å². The van der Waals surface area contributed by atoms with Crippen LogP contribution in [0.3, 0.4) is 0 Å². The molecule has 0 heterocycles. The van der Waals surface area contributed by atoms with Crippen molar-refractivity contribution < 1.29 is 14.3 Å². The van der Waals surface area contributed by atoms with Gasteiger partial charge in [-0.3, -0.25) is 4.79 Å². The van der Waals surface area contributed by atoms with Crippen molar-refractivity contribution in [2.75, 3.05) is 7.11 Å². The number of carbonyl (C=O) groups excluding carboxylic acids is 2. The molecule has 0 fully saturated rings. The highest BCUT2D eigenvalue weighted by molar-refractivity contribution is 6.03. The molecular formula is C9H10O3. The molecule has 1 aliphatic rings. The summed E-state index contributed by atoms with van der Waals surface area (Å²) in [6, 6.07) is 0. The third-order valence-corrected chi connectivity index (χ3v) is 1.85. The molecule has 1 rings (SSSR count). The van der Waals surface area contributed by atoms with Crippen LogP contribution in [0.4, 0.5) is 0 Å². The van der Waals surface area contributed by atoms with Crippen LogP contribution in [0.5, 0.6) is 0 Å². The van der Waals surface area contributed by atoms with Gasteiger partial charge in [0.05, 0.1) is 13.0 Å². The summed E-state index contributed by atoms with van der Waals surface area (Å²) in [7, 11) is 1.30. The standard InChI is InChI=1S/C9H10O3/c1-6-7(9(11)12-2)4-3-5-8(6)10/h3-6H,1-2H3. The smallest absolute Gasteiger partial charge is 0.334 e. The number of esters is 1. The summed E-state index contributed by atoms with van der Waals surface area (Å²) in [5.41, 5.74) is 0.421. The van der Waals surface area contributed by atoms with E-state index in [1.807, 2.05) is 0 Å². The van der Waals surface area contributed by atoms with Gasteiger partial charge >= 0.3 is 5.97 Å². The first-order valence-corrected chi connectivity index (χ1v) is 3.67. The predicted octanol–water partition coefficient (Wildman–Crippen LogP) is 0.861. The lowest BCUT2D eigenvalue weighted by atomic mass is 9.92. The zero-order valence-corrected chi connectivity index (χ0v) is 7.03. The largest absolute Gasteiger partial charge is 0.466 e. The highest BCUT2D eigenvalue weighted by Gasteiger charge is 2.23. The van der Waals surface area contributed by atoms with Crippen LogP contribution < -0.4 is 0 Å². The molecule has 0 saturated heterocycles. The lowest BCUT2D eigenvalue weighted by Gasteiger charge is -2.12. The zero-order chi connectivity index (χ0) is 9.14. The Bertz CT molecular complexity index is 273. The Kier molecular flexibility index (Phi) is 2.43. The van der Waals surface area contributed by atoms with E-state index >= 15 is 0 Å². The molecule has 0 aromatic rings. The van der Waals surface area contributed by atoms with E-state index in [9.17, 15) is 9.59 Å². The van der Waals surface area contributed by atoms with Gasteiger partial charge in [-0.1, -0.05) is 19.1 Å². The van der Waals surface area contributed by atoms with Crippen LogP contribution in [0, 0.1) is 5.92 Å². The summed E-state index contributed by atoms with van der Waals surface area (Å²) in [4.78, 5) is 22.1. The number of methoxy groups -OCH3 is 1. The van der Waals surface area contributed by atoms with E-state index in [0.29, 0.717) is 5.57 Å². The second kappa shape index (κ2) is 3.34. The van der Waals surface area contributed by atoms with E-state index in [4.69, 9.17) is 0 Å². The fourth-order valence-electron chi connectivity index (χ4n) is 1.05. The van der Waals surface area contributed by atoms with Gasteiger partial charge in [0.2, 0.25) is 0 Å². The first-order valence-electron chi connectivity index (χ1n) is 3.67. The minimum atomic E-state index is -0.430. The molecule has 1 atom stereocenters. The molecule has 0 spiro atoms. The van der Waals surface area contributed by atoms with Crippen LogP contribution in [-0.4, -0.2) is 18.9 Å². The van der Waals surface area contributed by atoms with Crippen LogP contribution in [0.2, 0.25) is 0 Å². The molecule has 3 nitrogen and oxygen atoms in total. The van der Waals surface area contributed by atoms with E-state index in [1.165, 1.54) is 13.2 Å². The number of ketones is 1. The summed E-state index contributed by atoms with van der Waals surface area (Å²) in [6.45, 7) is 1.69. The highest BCUT2D eigenvalue weighted by Crippen LogP contribution is 2.17. The van der Waals surface area contributed by atoms with Crippen LogP contribution in [-0.2, 0) is 14.3 Å². The molecule has 0 bridgehead atoms. The Labute approximate surface area is 70.7 Å².